The van der Waals surface area contributed by atoms with Crippen LogP contribution in [0, 0.1) is 6.92 Å². The number of rotatable bonds is 4. The SMILES string of the molecule is CC(C)(C)OOC(=O)O.Cc1cc(N)c(OC(C)C)cc1C1CCNCC1. The van der Waals surface area contributed by atoms with Crippen molar-refractivity contribution < 1.29 is 24.4 Å². The van der Waals surface area contributed by atoms with Gasteiger partial charge in [0.25, 0.3) is 0 Å². The maximum atomic E-state index is 9.70. The highest BCUT2D eigenvalue weighted by atomic mass is 17.2. The van der Waals surface area contributed by atoms with Crippen molar-refractivity contribution in [3.05, 3.63) is 23.3 Å². The minimum absolute atomic E-state index is 0.163. The molecule has 1 heterocycles. The molecule has 1 aromatic carbocycles. The van der Waals surface area contributed by atoms with Gasteiger partial charge >= 0.3 is 6.16 Å². The van der Waals surface area contributed by atoms with Crippen LogP contribution in [0.15, 0.2) is 12.1 Å². The van der Waals surface area contributed by atoms with Crippen LogP contribution in [0.5, 0.6) is 5.75 Å². The molecule has 0 aliphatic carbocycles. The number of nitrogen functional groups attached to an aromatic ring is 1. The summed E-state index contributed by atoms with van der Waals surface area (Å²) in [7, 11) is 0. The lowest BCUT2D eigenvalue weighted by Crippen LogP contribution is -2.27. The van der Waals surface area contributed by atoms with Crippen LogP contribution in [0.3, 0.4) is 0 Å². The molecule has 7 heteroatoms. The monoisotopic (exact) mass is 382 g/mol. The number of carbonyl (C=O) groups is 1. The summed E-state index contributed by atoms with van der Waals surface area (Å²) in [5.74, 6) is 1.48. The minimum Gasteiger partial charge on any atom is -0.489 e. The molecule has 0 radical (unpaired) electrons. The predicted molar refractivity (Wildman–Crippen MR) is 106 cm³/mol. The Kier molecular flexibility index (Phi) is 8.85. The summed E-state index contributed by atoms with van der Waals surface area (Å²) < 4.78 is 5.79. The molecule has 1 aliphatic rings. The van der Waals surface area contributed by atoms with Gasteiger partial charge in [0.05, 0.1) is 11.8 Å². The molecular formula is C20H34N2O5. The first kappa shape index (κ1) is 23.0. The molecular weight excluding hydrogens is 348 g/mol. The van der Waals surface area contributed by atoms with Crippen molar-refractivity contribution in [3.63, 3.8) is 0 Å². The number of hydrogen-bond donors (Lipinski definition) is 3. The van der Waals surface area contributed by atoms with Gasteiger partial charge in [-0.2, -0.15) is 4.89 Å². The van der Waals surface area contributed by atoms with Gasteiger partial charge < -0.3 is 20.9 Å². The maximum Gasteiger partial charge on any atom is 0.537 e. The van der Waals surface area contributed by atoms with E-state index in [4.69, 9.17) is 15.6 Å². The summed E-state index contributed by atoms with van der Waals surface area (Å²) in [5, 5.41) is 11.3. The predicted octanol–water partition coefficient (Wildman–Crippen LogP) is 4.24. The second-order valence-corrected chi connectivity index (χ2v) is 7.98. The molecule has 2 rings (SSSR count). The van der Waals surface area contributed by atoms with Crippen LogP contribution in [0.1, 0.15) is 64.5 Å². The topological polar surface area (TPSA) is 103 Å². The molecule has 1 aliphatic heterocycles. The first-order valence-corrected chi connectivity index (χ1v) is 9.35. The highest BCUT2D eigenvalue weighted by Gasteiger charge is 2.19. The first-order chi connectivity index (χ1) is 12.5. The molecule has 0 amide bonds. The average molecular weight is 383 g/mol. The number of carboxylic acid groups (broad SMARTS) is 1. The van der Waals surface area contributed by atoms with Gasteiger partial charge in [0.1, 0.15) is 11.4 Å². The van der Waals surface area contributed by atoms with Crippen molar-refractivity contribution in [2.75, 3.05) is 18.8 Å². The van der Waals surface area contributed by atoms with Crippen molar-refractivity contribution >= 4 is 11.8 Å². The fourth-order valence-electron chi connectivity index (χ4n) is 2.82. The van der Waals surface area contributed by atoms with Gasteiger partial charge in [-0.3, -0.25) is 4.89 Å². The molecule has 0 atom stereocenters. The fraction of sp³-hybridized carbons (Fsp3) is 0.650. The zero-order chi connectivity index (χ0) is 20.6. The van der Waals surface area contributed by atoms with E-state index in [1.807, 2.05) is 13.8 Å². The lowest BCUT2D eigenvalue weighted by atomic mass is 9.87. The second-order valence-electron chi connectivity index (χ2n) is 7.98. The fourth-order valence-corrected chi connectivity index (χ4v) is 2.82. The van der Waals surface area contributed by atoms with Crippen molar-refractivity contribution in [2.45, 2.75) is 72.0 Å². The third kappa shape index (κ3) is 8.97. The summed E-state index contributed by atoms with van der Waals surface area (Å²) in [5.41, 5.74) is 8.90. The normalized spacial score (nSPS) is 15.1. The Morgan fingerprint density at radius 3 is 2.30 bits per heavy atom. The minimum atomic E-state index is -1.43. The molecule has 27 heavy (non-hydrogen) atoms. The number of ether oxygens (including phenoxy) is 1. The van der Waals surface area contributed by atoms with E-state index in [2.05, 4.69) is 34.1 Å². The van der Waals surface area contributed by atoms with Crippen LogP contribution >= 0.6 is 0 Å². The smallest absolute Gasteiger partial charge is 0.489 e. The van der Waals surface area contributed by atoms with Gasteiger partial charge in [-0.25, -0.2) is 4.79 Å². The quantitative estimate of drug-likeness (QED) is 0.406. The summed E-state index contributed by atoms with van der Waals surface area (Å²) in [6.45, 7) is 13.5. The van der Waals surface area contributed by atoms with Crippen LogP contribution in [0.2, 0.25) is 0 Å². The maximum absolute atomic E-state index is 9.70. The van der Waals surface area contributed by atoms with Crippen LogP contribution in [-0.4, -0.2) is 36.1 Å². The number of benzene rings is 1. The number of anilines is 1. The number of aryl methyl sites for hydroxylation is 1. The molecule has 7 nitrogen and oxygen atoms in total. The van der Waals surface area contributed by atoms with E-state index in [0.29, 0.717) is 5.92 Å². The van der Waals surface area contributed by atoms with Gasteiger partial charge in [0.2, 0.25) is 0 Å². The molecule has 0 spiro atoms. The van der Waals surface area contributed by atoms with Crippen LogP contribution in [0.4, 0.5) is 10.5 Å². The van der Waals surface area contributed by atoms with E-state index >= 15 is 0 Å². The number of nitrogens with one attached hydrogen (secondary N) is 1. The summed E-state index contributed by atoms with van der Waals surface area (Å²) >= 11 is 0. The highest BCUT2D eigenvalue weighted by Crippen LogP contribution is 2.34. The molecule has 0 unspecified atom stereocenters. The van der Waals surface area contributed by atoms with E-state index in [1.165, 1.54) is 24.0 Å². The largest absolute Gasteiger partial charge is 0.537 e. The number of piperidine rings is 1. The van der Waals surface area contributed by atoms with Gasteiger partial charge in [-0.05, 0) is 96.7 Å². The zero-order valence-corrected chi connectivity index (χ0v) is 17.3. The van der Waals surface area contributed by atoms with Crippen molar-refractivity contribution in [1.29, 1.82) is 0 Å². The van der Waals surface area contributed by atoms with E-state index in [1.54, 1.807) is 20.8 Å². The third-order valence-corrected chi connectivity index (χ3v) is 3.90. The molecule has 1 aromatic rings. The lowest BCUT2D eigenvalue weighted by Gasteiger charge is -2.25. The van der Waals surface area contributed by atoms with Gasteiger partial charge in [0, 0.05) is 0 Å². The highest BCUT2D eigenvalue weighted by molar-refractivity contribution is 5.57. The Labute approximate surface area is 162 Å². The molecule has 0 bridgehead atoms. The van der Waals surface area contributed by atoms with Gasteiger partial charge in [-0.1, -0.05) is 0 Å². The molecule has 4 N–H and O–H groups in total. The third-order valence-electron chi connectivity index (χ3n) is 3.90. The number of hydrogen-bond acceptors (Lipinski definition) is 6. The van der Waals surface area contributed by atoms with Crippen LogP contribution in [0.25, 0.3) is 0 Å². The Hall–Kier alpha value is -1.99. The Balaban J connectivity index is 0.000000345. The Morgan fingerprint density at radius 1 is 1.26 bits per heavy atom. The second kappa shape index (κ2) is 10.4. The van der Waals surface area contributed by atoms with Crippen molar-refractivity contribution in [3.8, 4) is 5.75 Å². The molecule has 154 valence electrons. The Bertz CT molecular complexity index is 605. The summed E-state index contributed by atoms with van der Waals surface area (Å²) in [6.07, 6.45) is 1.14. The standard InChI is InChI=1S/C15H24N2O.C5H10O4/c1-10(2)18-15-9-13(11(3)8-14(15)16)12-4-6-17-7-5-12;1-5(2,3)9-8-4(6)7/h8-10,12,17H,4-7,16H2,1-3H3;1-3H3,(H,6,7). The van der Waals surface area contributed by atoms with Crippen molar-refractivity contribution in [2.24, 2.45) is 0 Å². The summed E-state index contributed by atoms with van der Waals surface area (Å²) in [4.78, 5) is 17.9. The van der Waals surface area contributed by atoms with Gasteiger partial charge in [0.15, 0.2) is 0 Å². The average Bonchev–Trinajstić information content (AvgIpc) is 2.56. The molecule has 0 aromatic heterocycles. The van der Waals surface area contributed by atoms with E-state index in [9.17, 15) is 4.79 Å². The van der Waals surface area contributed by atoms with Crippen molar-refractivity contribution in [1.82, 2.24) is 5.32 Å². The van der Waals surface area contributed by atoms with Crippen LogP contribution in [-0.2, 0) is 9.78 Å². The Morgan fingerprint density at radius 2 is 1.85 bits per heavy atom. The molecule has 1 saturated heterocycles. The van der Waals surface area contributed by atoms with E-state index in [0.717, 1.165) is 24.5 Å². The zero-order valence-electron chi connectivity index (χ0n) is 17.3. The van der Waals surface area contributed by atoms with Gasteiger partial charge in [-0.15, -0.1) is 0 Å². The summed E-state index contributed by atoms with van der Waals surface area (Å²) in [6, 6.07) is 4.20. The van der Waals surface area contributed by atoms with E-state index in [-0.39, 0.29) is 6.10 Å². The van der Waals surface area contributed by atoms with E-state index < -0.39 is 11.8 Å². The lowest BCUT2D eigenvalue weighted by molar-refractivity contribution is -0.309. The van der Waals surface area contributed by atoms with Crippen LogP contribution < -0.4 is 15.8 Å². The molecule has 0 saturated carbocycles. The first-order valence-electron chi connectivity index (χ1n) is 9.35. The molecule has 1 fully saturated rings. The number of nitrogens with two attached hydrogens (primary N) is 1.